The molecule has 0 aromatic heterocycles. The standard InChI is InChI=1S/C13H15NO2/c1-9-12(7-8-13(9)15)14-10-3-5-11(16-2)6-4-10/h3-6,9H,7-8H2,1-2H3. The topological polar surface area (TPSA) is 38.7 Å². The van der Waals surface area contributed by atoms with Crippen LogP contribution < -0.4 is 4.74 Å². The van der Waals surface area contributed by atoms with Gasteiger partial charge in [-0.25, -0.2) is 0 Å². The van der Waals surface area contributed by atoms with Crippen molar-refractivity contribution in [2.24, 2.45) is 10.9 Å². The minimum atomic E-state index is -0.0119. The molecule has 1 aliphatic carbocycles. The molecule has 0 spiro atoms. The molecule has 0 amide bonds. The van der Waals surface area contributed by atoms with Gasteiger partial charge in [-0.15, -0.1) is 0 Å². The normalized spacial score (nSPS) is 22.8. The summed E-state index contributed by atoms with van der Waals surface area (Å²) in [5.74, 6) is 1.11. The monoisotopic (exact) mass is 217 g/mol. The first-order valence-corrected chi connectivity index (χ1v) is 5.45. The van der Waals surface area contributed by atoms with Gasteiger partial charge >= 0.3 is 0 Å². The molecule has 1 unspecified atom stereocenters. The maximum atomic E-state index is 11.4. The van der Waals surface area contributed by atoms with Crippen molar-refractivity contribution in [3.8, 4) is 5.75 Å². The Bertz CT molecular complexity index is 420. The molecule has 0 N–H and O–H groups in total. The van der Waals surface area contributed by atoms with E-state index in [1.165, 1.54) is 0 Å². The van der Waals surface area contributed by atoms with E-state index in [1.54, 1.807) is 7.11 Å². The summed E-state index contributed by atoms with van der Waals surface area (Å²) in [5, 5.41) is 0. The van der Waals surface area contributed by atoms with Crippen molar-refractivity contribution in [2.75, 3.05) is 7.11 Å². The molecule has 1 saturated carbocycles. The molecule has 1 aromatic rings. The van der Waals surface area contributed by atoms with E-state index >= 15 is 0 Å². The molecule has 1 atom stereocenters. The van der Waals surface area contributed by atoms with Crippen LogP contribution in [0.3, 0.4) is 0 Å². The molecule has 3 nitrogen and oxygen atoms in total. The minimum absolute atomic E-state index is 0.0119. The number of rotatable bonds is 2. The second-order valence-corrected chi connectivity index (χ2v) is 3.99. The van der Waals surface area contributed by atoms with E-state index in [-0.39, 0.29) is 5.92 Å². The van der Waals surface area contributed by atoms with E-state index in [4.69, 9.17) is 4.74 Å². The first-order chi connectivity index (χ1) is 7.70. The third kappa shape index (κ3) is 2.13. The first-order valence-electron chi connectivity index (χ1n) is 5.45. The number of aliphatic imine (C=N–C) groups is 1. The molecular formula is C13H15NO2. The van der Waals surface area contributed by atoms with E-state index in [2.05, 4.69) is 4.99 Å². The van der Waals surface area contributed by atoms with E-state index in [9.17, 15) is 4.79 Å². The Morgan fingerprint density at radius 3 is 2.44 bits per heavy atom. The first kappa shape index (κ1) is 10.9. The van der Waals surface area contributed by atoms with Gasteiger partial charge in [0.15, 0.2) is 0 Å². The highest BCUT2D eigenvalue weighted by Crippen LogP contribution is 2.24. The van der Waals surface area contributed by atoms with Gasteiger partial charge in [-0.05, 0) is 30.7 Å². The molecule has 1 aliphatic rings. The zero-order valence-electron chi connectivity index (χ0n) is 9.56. The van der Waals surface area contributed by atoms with Crippen LogP contribution in [0.25, 0.3) is 0 Å². The number of ether oxygens (including phenoxy) is 1. The summed E-state index contributed by atoms with van der Waals surface area (Å²) in [6.45, 7) is 1.93. The second-order valence-electron chi connectivity index (χ2n) is 3.99. The highest BCUT2D eigenvalue weighted by molar-refractivity contribution is 6.11. The third-order valence-electron chi connectivity index (χ3n) is 2.96. The Balaban J connectivity index is 2.19. The zero-order valence-corrected chi connectivity index (χ0v) is 9.56. The zero-order chi connectivity index (χ0) is 11.5. The van der Waals surface area contributed by atoms with Crippen molar-refractivity contribution in [3.05, 3.63) is 24.3 Å². The van der Waals surface area contributed by atoms with Gasteiger partial charge < -0.3 is 4.74 Å². The van der Waals surface area contributed by atoms with Gasteiger partial charge in [0.05, 0.1) is 18.7 Å². The van der Waals surface area contributed by atoms with Gasteiger partial charge in [-0.1, -0.05) is 6.92 Å². The fourth-order valence-electron chi connectivity index (χ4n) is 1.85. The van der Waals surface area contributed by atoms with Crippen LogP contribution in [0, 0.1) is 5.92 Å². The lowest BCUT2D eigenvalue weighted by molar-refractivity contribution is -0.119. The number of nitrogens with zero attached hydrogens (tertiary/aromatic N) is 1. The lowest BCUT2D eigenvalue weighted by atomic mass is 10.1. The molecule has 2 rings (SSSR count). The molecule has 1 fully saturated rings. The molecule has 0 saturated heterocycles. The molecule has 16 heavy (non-hydrogen) atoms. The number of benzene rings is 1. The van der Waals surface area contributed by atoms with Crippen molar-refractivity contribution < 1.29 is 9.53 Å². The maximum absolute atomic E-state index is 11.4. The van der Waals surface area contributed by atoms with Gasteiger partial charge in [0, 0.05) is 12.1 Å². The summed E-state index contributed by atoms with van der Waals surface area (Å²) in [7, 11) is 1.64. The molecule has 0 bridgehead atoms. The largest absolute Gasteiger partial charge is 0.497 e. The highest BCUT2D eigenvalue weighted by atomic mass is 16.5. The summed E-state index contributed by atoms with van der Waals surface area (Å²) in [5.41, 5.74) is 1.88. The lowest BCUT2D eigenvalue weighted by Gasteiger charge is -2.03. The van der Waals surface area contributed by atoms with Gasteiger partial charge in [-0.3, -0.25) is 9.79 Å². The Hall–Kier alpha value is -1.64. The van der Waals surface area contributed by atoms with Crippen LogP contribution in [0.5, 0.6) is 5.75 Å². The SMILES string of the molecule is COc1ccc(N=C2CCC(=O)C2C)cc1. The lowest BCUT2D eigenvalue weighted by Crippen LogP contribution is -2.08. The van der Waals surface area contributed by atoms with Crippen molar-refractivity contribution in [1.82, 2.24) is 0 Å². The Kier molecular flexibility index (Phi) is 3.04. The molecule has 0 aliphatic heterocycles. The number of ketones is 1. The Morgan fingerprint density at radius 1 is 1.25 bits per heavy atom. The van der Waals surface area contributed by atoms with Crippen molar-refractivity contribution in [3.63, 3.8) is 0 Å². The van der Waals surface area contributed by atoms with Gasteiger partial charge in [0.1, 0.15) is 11.5 Å². The second kappa shape index (κ2) is 4.47. The Labute approximate surface area is 95.2 Å². The molecule has 3 heteroatoms. The third-order valence-corrected chi connectivity index (χ3v) is 2.96. The van der Waals surface area contributed by atoms with E-state index in [0.29, 0.717) is 12.2 Å². The van der Waals surface area contributed by atoms with Crippen molar-refractivity contribution in [1.29, 1.82) is 0 Å². The minimum Gasteiger partial charge on any atom is -0.497 e. The summed E-state index contributed by atoms with van der Waals surface area (Å²) < 4.78 is 5.07. The predicted octanol–water partition coefficient (Wildman–Crippen LogP) is 2.77. The van der Waals surface area contributed by atoms with Gasteiger partial charge in [0.25, 0.3) is 0 Å². The maximum Gasteiger partial charge on any atom is 0.141 e. The average molecular weight is 217 g/mol. The fraction of sp³-hybridized carbons (Fsp3) is 0.385. The molecule has 0 heterocycles. The number of carbonyl (C=O) groups is 1. The summed E-state index contributed by atoms with van der Waals surface area (Å²) >= 11 is 0. The van der Waals surface area contributed by atoms with E-state index in [1.807, 2.05) is 31.2 Å². The van der Waals surface area contributed by atoms with Crippen LogP contribution in [0.1, 0.15) is 19.8 Å². The number of methoxy groups -OCH3 is 1. The van der Waals surface area contributed by atoms with Gasteiger partial charge in [-0.2, -0.15) is 0 Å². The predicted molar refractivity (Wildman–Crippen MR) is 63.5 cm³/mol. The van der Waals surface area contributed by atoms with Crippen LogP contribution in [0.4, 0.5) is 5.69 Å². The van der Waals surface area contributed by atoms with Crippen LogP contribution in [0.2, 0.25) is 0 Å². The molecule has 0 radical (unpaired) electrons. The van der Waals surface area contributed by atoms with E-state index in [0.717, 1.165) is 23.6 Å². The fourth-order valence-corrected chi connectivity index (χ4v) is 1.85. The summed E-state index contributed by atoms with van der Waals surface area (Å²) in [6.07, 6.45) is 1.43. The number of Topliss-reactive ketones (excluding diaryl/α,β-unsaturated/α-hetero) is 1. The smallest absolute Gasteiger partial charge is 0.141 e. The highest BCUT2D eigenvalue weighted by Gasteiger charge is 2.26. The summed E-state index contributed by atoms with van der Waals surface area (Å²) in [4.78, 5) is 15.9. The van der Waals surface area contributed by atoms with Crippen molar-refractivity contribution in [2.45, 2.75) is 19.8 Å². The number of hydrogen-bond donors (Lipinski definition) is 0. The quantitative estimate of drug-likeness (QED) is 0.764. The van der Waals surface area contributed by atoms with Gasteiger partial charge in [0.2, 0.25) is 0 Å². The average Bonchev–Trinajstić information content (AvgIpc) is 2.62. The molecule has 1 aromatic carbocycles. The number of hydrogen-bond acceptors (Lipinski definition) is 3. The van der Waals surface area contributed by atoms with Crippen LogP contribution in [-0.2, 0) is 4.79 Å². The molecular weight excluding hydrogens is 202 g/mol. The van der Waals surface area contributed by atoms with E-state index < -0.39 is 0 Å². The van der Waals surface area contributed by atoms with Crippen LogP contribution in [-0.4, -0.2) is 18.6 Å². The van der Waals surface area contributed by atoms with Crippen LogP contribution >= 0.6 is 0 Å². The molecule has 84 valence electrons. The number of carbonyl (C=O) groups excluding carboxylic acids is 1. The van der Waals surface area contributed by atoms with Crippen LogP contribution in [0.15, 0.2) is 29.3 Å². The summed E-state index contributed by atoms with van der Waals surface area (Å²) in [6, 6.07) is 7.56. The Morgan fingerprint density at radius 2 is 1.94 bits per heavy atom. The van der Waals surface area contributed by atoms with Crippen molar-refractivity contribution >= 4 is 17.2 Å².